The summed E-state index contributed by atoms with van der Waals surface area (Å²) in [5.74, 6) is 0. The van der Waals surface area contributed by atoms with Gasteiger partial charge in [0.05, 0.1) is 0 Å². The van der Waals surface area contributed by atoms with E-state index in [1.54, 1.807) is 0 Å². The Kier molecular flexibility index (Phi) is 3.02. The van der Waals surface area contributed by atoms with Gasteiger partial charge in [0.2, 0.25) is 0 Å². The summed E-state index contributed by atoms with van der Waals surface area (Å²) in [6.45, 7) is 0. The molecule has 0 aliphatic rings. The Morgan fingerprint density at radius 2 is 0.818 bits per heavy atom. The molecular weight excluding hydrogens is 329 g/mol. The maximum Gasteiger partial charge on any atom is 0 e. The summed E-state index contributed by atoms with van der Waals surface area (Å²) < 4.78 is 0. The molecule has 0 aromatic heterocycles. The number of fused-ring (bicyclic) bond motifs is 1. The molecule has 0 saturated carbocycles. The predicted octanol–water partition coefficient (Wildman–Crippen LogP) is 2.46. The van der Waals surface area contributed by atoms with Crippen LogP contribution in [0.1, 0.15) is 0 Å². The Labute approximate surface area is 85.4 Å². The molecule has 53 valence electrons. The number of benzene rings is 2. The van der Waals surface area contributed by atoms with Gasteiger partial charge in [-0.05, 0) is 10.8 Å². The van der Waals surface area contributed by atoms with Gasteiger partial charge in [0, 0.05) is 26.2 Å². The summed E-state index contributed by atoms with van der Waals surface area (Å²) >= 11 is 0. The minimum atomic E-state index is 0. The van der Waals surface area contributed by atoms with Crippen LogP contribution in [0.2, 0.25) is 0 Å². The molecule has 11 heavy (non-hydrogen) atoms. The molecule has 1 heteroatoms. The molecule has 0 amide bonds. The predicted molar refractivity (Wildman–Crippen MR) is 49.7 cm³/mol. The summed E-state index contributed by atoms with van der Waals surface area (Å²) in [6.07, 6.45) is 0. The van der Waals surface area contributed by atoms with E-state index in [2.05, 4.69) is 48.5 Å². The van der Waals surface area contributed by atoms with Gasteiger partial charge in [-0.1, -0.05) is 48.5 Å². The smallest absolute Gasteiger partial charge is 0 e. The van der Waals surface area contributed by atoms with Crippen molar-refractivity contribution in [2.45, 2.75) is 0 Å². The Morgan fingerprint density at radius 1 is 0.545 bits per heavy atom. The third kappa shape index (κ3) is 1.78. The molecule has 0 aliphatic carbocycles. The van der Waals surface area contributed by atoms with Gasteiger partial charge >= 0.3 is 0 Å². The fraction of sp³-hybridized carbons (Fsp3) is 0. The fourth-order valence-electron chi connectivity index (χ4n) is 1.13. The van der Waals surface area contributed by atoms with E-state index in [0.29, 0.717) is 0 Å². The van der Waals surface area contributed by atoms with E-state index in [9.17, 15) is 0 Å². The van der Waals surface area contributed by atoms with Crippen LogP contribution < -0.4 is 0 Å². The van der Waals surface area contributed by atoms with Gasteiger partial charge in [0.1, 0.15) is 0 Å². The standard InChI is InChI=1S/C10H8.Bi/c1-2-6-10-8-4-3-7-9(10)5-1;/h1-8H;. The maximum absolute atomic E-state index is 2.12. The summed E-state index contributed by atoms with van der Waals surface area (Å²) in [4.78, 5) is 0. The largest absolute Gasteiger partial charge is 0.0616 e. The first-order valence-electron chi connectivity index (χ1n) is 3.40. The average Bonchev–Trinajstić information content (AvgIpc) is 2.05. The molecule has 3 radical (unpaired) electrons. The monoisotopic (exact) mass is 337 g/mol. The van der Waals surface area contributed by atoms with Crippen LogP contribution in [0.4, 0.5) is 0 Å². The van der Waals surface area contributed by atoms with Crippen LogP contribution in [0.5, 0.6) is 0 Å². The van der Waals surface area contributed by atoms with Crippen LogP contribution in [0, 0.1) is 0 Å². The van der Waals surface area contributed by atoms with Gasteiger partial charge in [-0.2, -0.15) is 0 Å². The summed E-state index contributed by atoms with van der Waals surface area (Å²) in [6, 6.07) is 16.7. The molecule has 0 unspecified atom stereocenters. The molecule has 0 aliphatic heterocycles. The zero-order chi connectivity index (χ0) is 6.81. The van der Waals surface area contributed by atoms with Crippen molar-refractivity contribution in [2.24, 2.45) is 0 Å². The Bertz CT molecular complexity index is 276. The fourth-order valence-corrected chi connectivity index (χ4v) is 1.13. The van der Waals surface area contributed by atoms with E-state index >= 15 is 0 Å². The Balaban J connectivity index is 0.000000605. The quantitative estimate of drug-likeness (QED) is 0.648. The number of hydrogen-bond acceptors (Lipinski definition) is 0. The molecule has 0 nitrogen and oxygen atoms in total. The summed E-state index contributed by atoms with van der Waals surface area (Å²) in [7, 11) is 0. The molecule has 0 N–H and O–H groups in total. The van der Waals surface area contributed by atoms with Gasteiger partial charge in [0.15, 0.2) is 0 Å². The average molecular weight is 337 g/mol. The van der Waals surface area contributed by atoms with E-state index in [0.717, 1.165) is 0 Å². The van der Waals surface area contributed by atoms with Gasteiger partial charge in [-0.15, -0.1) is 0 Å². The number of rotatable bonds is 0. The zero-order valence-electron chi connectivity index (χ0n) is 6.07. The molecule has 0 bridgehead atoms. The van der Waals surface area contributed by atoms with E-state index in [4.69, 9.17) is 0 Å². The Morgan fingerprint density at radius 3 is 1.09 bits per heavy atom. The molecule has 0 atom stereocenters. The van der Waals surface area contributed by atoms with Crippen molar-refractivity contribution in [1.82, 2.24) is 0 Å². The second-order valence-electron chi connectivity index (χ2n) is 2.35. The van der Waals surface area contributed by atoms with Crippen LogP contribution >= 0.6 is 0 Å². The van der Waals surface area contributed by atoms with Crippen LogP contribution in [0.25, 0.3) is 10.8 Å². The minimum absolute atomic E-state index is 0. The SMILES string of the molecule is [Bi].c1ccc2ccccc2c1. The van der Waals surface area contributed by atoms with Crippen molar-refractivity contribution in [1.29, 1.82) is 0 Å². The number of hydrogen-bond donors (Lipinski definition) is 0. The van der Waals surface area contributed by atoms with E-state index in [-0.39, 0.29) is 26.2 Å². The molecule has 0 fully saturated rings. The topological polar surface area (TPSA) is 0 Å². The van der Waals surface area contributed by atoms with Crippen molar-refractivity contribution in [3.05, 3.63) is 48.5 Å². The van der Waals surface area contributed by atoms with Gasteiger partial charge in [-0.3, -0.25) is 0 Å². The second-order valence-corrected chi connectivity index (χ2v) is 2.35. The zero-order valence-corrected chi connectivity index (χ0v) is 9.54. The van der Waals surface area contributed by atoms with Crippen molar-refractivity contribution >= 4 is 37.0 Å². The van der Waals surface area contributed by atoms with Crippen molar-refractivity contribution < 1.29 is 0 Å². The first-order valence-corrected chi connectivity index (χ1v) is 3.40. The first kappa shape index (κ1) is 8.68. The minimum Gasteiger partial charge on any atom is -0.0616 e. The molecular formula is C10H8Bi. The van der Waals surface area contributed by atoms with Gasteiger partial charge in [0.25, 0.3) is 0 Å². The van der Waals surface area contributed by atoms with Gasteiger partial charge < -0.3 is 0 Å². The molecule has 0 saturated heterocycles. The first-order chi connectivity index (χ1) is 4.97. The van der Waals surface area contributed by atoms with E-state index < -0.39 is 0 Å². The molecule has 0 heterocycles. The summed E-state index contributed by atoms with van der Waals surface area (Å²) in [5, 5.41) is 2.62. The molecule has 2 rings (SSSR count). The third-order valence-electron chi connectivity index (χ3n) is 1.66. The van der Waals surface area contributed by atoms with Crippen LogP contribution in [-0.2, 0) is 0 Å². The normalized spacial score (nSPS) is 9.09. The van der Waals surface area contributed by atoms with E-state index in [1.807, 2.05) is 0 Å². The second kappa shape index (κ2) is 3.83. The van der Waals surface area contributed by atoms with Crippen LogP contribution in [0.3, 0.4) is 0 Å². The van der Waals surface area contributed by atoms with Crippen LogP contribution in [-0.4, -0.2) is 26.2 Å². The van der Waals surface area contributed by atoms with Crippen LogP contribution in [0.15, 0.2) is 48.5 Å². The molecule has 2 aromatic rings. The molecule has 0 spiro atoms. The summed E-state index contributed by atoms with van der Waals surface area (Å²) in [5.41, 5.74) is 0. The van der Waals surface area contributed by atoms with Crippen molar-refractivity contribution in [3.8, 4) is 0 Å². The third-order valence-corrected chi connectivity index (χ3v) is 1.66. The van der Waals surface area contributed by atoms with E-state index in [1.165, 1.54) is 10.8 Å². The van der Waals surface area contributed by atoms with Crippen molar-refractivity contribution in [3.63, 3.8) is 0 Å². The maximum atomic E-state index is 2.12. The molecule has 2 aromatic carbocycles. The Hall–Kier alpha value is -0.417. The van der Waals surface area contributed by atoms with Crippen molar-refractivity contribution in [2.75, 3.05) is 0 Å². The van der Waals surface area contributed by atoms with Gasteiger partial charge in [-0.25, -0.2) is 0 Å².